The maximum Gasteiger partial charge on any atom is 0.123 e. The minimum atomic E-state index is 0.346. The molecule has 0 atom stereocenters. The number of ether oxygens (including phenoxy) is 2. The number of hydrogen-bond acceptors (Lipinski definition) is 3. The van der Waals surface area contributed by atoms with Gasteiger partial charge in [-0.1, -0.05) is 6.92 Å². The van der Waals surface area contributed by atoms with Crippen LogP contribution in [-0.2, 0) is 6.54 Å². The zero-order valence-electron chi connectivity index (χ0n) is 11.3. The Labute approximate surface area is 109 Å². The summed E-state index contributed by atoms with van der Waals surface area (Å²) in [5.74, 6) is 2.54. The van der Waals surface area contributed by atoms with E-state index in [4.69, 9.17) is 15.2 Å². The highest BCUT2D eigenvalue weighted by atomic mass is 16.5. The fourth-order valence-corrected chi connectivity index (χ4v) is 2.47. The van der Waals surface area contributed by atoms with Crippen molar-refractivity contribution in [2.75, 3.05) is 7.11 Å². The van der Waals surface area contributed by atoms with Gasteiger partial charge in [-0.25, -0.2) is 0 Å². The molecule has 0 bridgehead atoms. The van der Waals surface area contributed by atoms with Crippen LogP contribution in [0.5, 0.6) is 11.5 Å². The summed E-state index contributed by atoms with van der Waals surface area (Å²) in [6, 6.07) is 5.91. The lowest BCUT2D eigenvalue weighted by molar-refractivity contribution is 0.135. The van der Waals surface area contributed by atoms with Gasteiger partial charge in [0.1, 0.15) is 11.5 Å². The number of benzene rings is 1. The summed E-state index contributed by atoms with van der Waals surface area (Å²) in [6.45, 7) is 2.82. The van der Waals surface area contributed by atoms with Crippen LogP contribution in [0.1, 0.15) is 38.2 Å². The van der Waals surface area contributed by atoms with Gasteiger partial charge in [-0.2, -0.15) is 0 Å². The lowest BCUT2D eigenvalue weighted by Crippen LogP contribution is -2.23. The average molecular weight is 249 g/mol. The van der Waals surface area contributed by atoms with Gasteiger partial charge in [0.25, 0.3) is 0 Å². The lowest BCUT2D eigenvalue weighted by Gasteiger charge is -2.27. The Hall–Kier alpha value is -1.22. The zero-order chi connectivity index (χ0) is 13.0. The van der Waals surface area contributed by atoms with Gasteiger partial charge in [0.2, 0.25) is 0 Å². The van der Waals surface area contributed by atoms with Crippen molar-refractivity contribution in [1.29, 1.82) is 0 Å². The summed E-state index contributed by atoms with van der Waals surface area (Å²) in [4.78, 5) is 0. The number of hydrogen-bond donors (Lipinski definition) is 1. The predicted octanol–water partition coefficient (Wildman–Crippen LogP) is 3.11. The zero-order valence-corrected chi connectivity index (χ0v) is 11.3. The van der Waals surface area contributed by atoms with Crippen molar-refractivity contribution in [2.24, 2.45) is 11.7 Å². The van der Waals surface area contributed by atoms with Crippen molar-refractivity contribution in [3.63, 3.8) is 0 Å². The first-order chi connectivity index (χ1) is 8.71. The first-order valence-corrected chi connectivity index (χ1v) is 6.76. The van der Waals surface area contributed by atoms with Gasteiger partial charge in [0.15, 0.2) is 0 Å². The minimum absolute atomic E-state index is 0.346. The standard InChI is InChI=1S/C15H23NO2/c1-11-3-5-13(6-4-11)18-15-8-12(10-16)7-14(9-15)17-2/h7-9,11,13H,3-6,10,16H2,1-2H3. The van der Waals surface area contributed by atoms with E-state index in [1.54, 1.807) is 7.11 Å². The first-order valence-electron chi connectivity index (χ1n) is 6.76. The van der Waals surface area contributed by atoms with Crippen LogP contribution in [-0.4, -0.2) is 13.2 Å². The topological polar surface area (TPSA) is 44.5 Å². The Morgan fingerprint density at radius 3 is 2.39 bits per heavy atom. The Balaban J connectivity index is 2.03. The van der Waals surface area contributed by atoms with Crippen LogP contribution in [0.25, 0.3) is 0 Å². The second kappa shape index (κ2) is 6.10. The van der Waals surface area contributed by atoms with Crippen molar-refractivity contribution >= 4 is 0 Å². The molecule has 3 heteroatoms. The van der Waals surface area contributed by atoms with Gasteiger partial charge >= 0.3 is 0 Å². The Bertz CT molecular complexity index is 362. The molecule has 1 saturated carbocycles. The Morgan fingerprint density at radius 1 is 1.11 bits per heavy atom. The molecule has 1 aromatic rings. The molecule has 1 aliphatic rings. The van der Waals surface area contributed by atoms with Gasteiger partial charge in [-0.3, -0.25) is 0 Å². The summed E-state index contributed by atoms with van der Waals surface area (Å²) in [5.41, 5.74) is 6.73. The molecule has 1 aliphatic carbocycles. The first kappa shape index (κ1) is 13.2. The van der Waals surface area contributed by atoms with Crippen molar-refractivity contribution in [3.8, 4) is 11.5 Å². The van der Waals surface area contributed by atoms with Crippen LogP contribution in [0.15, 0.2) is 18.2 Å². The fraction of sp³-hybridized carbons (Fsp3) is 0.600. The van der Waals surface area contributed by atoms with Crippen LogP contribution in [0.2, 0.25) is 0 Å². The minimum Gasteiger partial charge on any atom is -0.497 e. The molecule has 1 aromatic carbocycles. The summed E-state index contributed by atoms with van der Waals surface area (Å²) in [5, 5.41) is 0. The molecule has 0 aliphatic heterocycles. The number of nitrogens with two attached hydrogens (primary N) is 1. The highest BCUT2D eigenvalue weighted by Crippen LogP contribution is 2.29. The summed E-state index contributed by atoms with van der Waals surface area (Å²) in [6.07, 6.45) is 5.17. The van der Waals surface area contributed by atoms with E-state index in [9.17, 15) is 0 Å². The third-order valence-electron chi connectivity index (χ3n) is 3.68. The quantitative estimate of drug-likeness (QED) is 0.891. The van der Waals surface area contributed by atoms with Crippen molar-refractivity contribution < 1.29 is 9.47 Å². The molecule has 2 rings (SSSR count). The molecule has 1 fully saturated rings. The molecule has 2 N–H and O–H groups in total. The second-order valence-corrected chi connectivity index (χ2v) is 5.22. The normalized spacial score (nSPS) is 23.7. The molecule has 100 valence electrons. The van der Waals surface area contributed by atoms with E-state index < -0.39 is 0 Å². The molecule has 0 aromatic heterocycles. The Kier molecular flexibility index (Phi) is 4.48. The van der Waals surface area contributed by atoms with Crippen molar-refractivity contribution in [2.45, 2.75) is 45.3 Å². The van der Waals surface area contributed by atoms with Crippen LogP contribution >= 0.6 is 0 Å². The molecule has 0 radical (unpaired) electrons. The van der Waals surface area contributed by atoms with E-state index in [2.05, 4.69) is 6.92 Å². The third kappa shape index (κ3) is 3.39. The summed E-state index contributed by atoms with van der Waals surface area (Å²) >= 11 is 0. The summed E-state index contributed by atoms with van der Waals surface area (Å²) in [7, 11) is 1.67. The van der Waals surface area contributed by atoms with Gasteiger partial charge in [-0.15, -0.1) is 0 Å². The molecular formula is C15H23NO2. The molecule has 0 saturated heterocycles. The number of rotatable bonds is 4. The van der Waals surface area contributed by atoms with Gasteiger partial charge in [-0.05, 0) is 49.3 Å². The SMILES string of the molecule is COc1cc(CN)cc(OC2CCC(C)CC2)c1. The predicted molar refractivity (Wildman–Crippen MR) is 72.9 cm³/mol. The molecule has 0 unspecified atom stereocenters. The van der Waals surface area contributed by atoms with Gasteiger partial charge in [0.05, 0.1) is 13.2 Å². The molecular weight excluding hydrogens is 226 g/mol. The maximum atomic E-state index is 6.05. The monoisotopic (exact) mass is 249 g/mol. The van der Waals surface area contributed by atoms with E-state index in [0.29, 0.717) is 12.6 Å². The van der Waals surface area contributed by atoms with E-state index in [0.717, 1.165) is 35.8 Å². The maximum absolute atomic E-state index is 6.05. The fourth-order valence-electron chi connectivity index (χ4n) is 2.47. The van der Waals surface area contributed by atoms with E-state index in [1.165, 1.54) is 12.8 Å². The molecule has 0 amide bonds. The van der Waals surface area contributed by atoms with Crippen LogP contribution in [0, 0.1) is 5.92 Å². The molecule has 3 nitrogen and oxygen atoms in total. The van der Waals surface area contributed by atoms with Crippen LogP contribution in [0.3, 0.4) is 0 Å². The molecule has 18 heavy (non-hydrogen) atoms. The van der Waals surface area contributed by atoms with E-state index >= 15 is 0 Å². The Morgan fingerprint density at radius 2 is 1.78 bits per heavy atom. The van der Waals surface area contributed by atoms with Crippen molar-refractivity contribution in [3.05, 3.63) is 23.8 Å². The van der Waals surface area contributed by atoms with Crippen molar-refractivity contribution in [1.82, 2.24) is 0 Å². The average Bonchev–Trinajstić information content (AvgIpc) is 2.41. The van der Waals surface area contributed by atoms with Gasteiger partial charge in [0, 0.05) is 12.6 Å². The number of methoxy groups -OCH3 is 1. The van der Waals surface area contributed by atoms with Crippen LogP contribution in [0.4, 0.5) is 0 Å². The molecule has 0 spiro atoms. The lowest BCUT2D eigenvalue weighted by atomic mass is 9.89. The van der Waals surface area contributed by atoms with E-state index in [-0.39, 0.29) is 0 Å². The van der Waals surface area contributed by atoms with Gasteiger partial charge < -0.3 is 15.2 Å². The second-order valence-electron chi connectivity index (χ2n) is 5.22. The smallest absolute Gasteiger partial charge is 0.123 e. The van der Waals surface area contributed by atoms with E-state index in [1.807, 2.05) is 18.2 Å². The highest BCUT2D eigenvalue weighted by Gasteiger charge is 2.19. The third-order valence-corrected chi connectivity index (χ3v) is 3.68. The van der Waals surface area contributed by atoms with Crippen LogP contribution < -0.4 is 15.2 Å². The highest BCUT2D eigenvalue weighted by molar-refractivity contribution is 5.38. The molecule has 0 heterocycles. The summed E-state index contributed by atoms with van der Waals surface area (Å²) < 4.78 is 11.3. The largest absolute Gasteiger partial charge is 0.497 e.